The van der Waals surface area contributed by atoms with Crippen molar-refractivity contribution in [2.75, 3.05) is 13.7 Å². The quantitative estimate of drug-likeness (QED) is 0.793. The lowest BCUT2D eigenvalue weighted by Gasteiger charge is -2.29. The molecule has 5 nitrogen and oxygen atoms in total. The van der Waals surface area contributed by atoms with Gasteiger partial charge in [-0.25, -0.2) is 0 Å². The third-order valence-electron chi connectivity index (χ3n) is 3.00. The number of nitrogens with one attached hydrogen (secondary N) is 1. The van der Waals surface area contributed by atoms with E-state index in [1.807, 2.05) is 24.3 Å². The second kappa shape index (κ2) is 5.18. The molecule has 0 aromatic heterocycles. The van der Waals surface area contributed by atoms with Gasteiger partial charge in [0.05, 0.1) is 26.2 Å². The van der Waals surface area contributed by atoms with Crippen LogP contribution < -0.4 is 10.1 Å². The number of carbonyl (C=O) groups excluding carboxylic acids is 2. The van der Waals surface area contributed by atoms with Crippen molar-refractivity contribution in [3.63, 3.8) is 0 Å². The van der Waals surface area contributed by atoms with E-state index in [2.05, 4.69) is 5.32 Å². The van der Waals surface area contributed by atoms with Gasteiger partial charge in [0.15, 0.2) is 0 Å². The average molecular weight is 248 g/mol. The summed E-state index contributed by atoms with van der Waals surface area (Å²) in [6.07, 6.45) is 0. The molecule has 0 spiro atoms. The zero-order valence-corrected chi connectivity index (χ0v) is 10.5. The average Bonchev–Trinajstić information content (AvgIpc) is 2.40. The highest BCUT2D eigenvalue weighted by molar-refractivity contribution is 6.00. The Kier molecular flexibility index (Phi) is 3.62. The molecule has 1 aromatic carbocycles. The summed E-state index contributed by atoms with van der Waals surface area (Å²) in [5.74, 6) is 0.390. The van der Waals surface area contributed by atoms with E-state index in [1.54, 1.807) is 14.0 Å². The van der Waals surface area contributed by atoms with Gasteiger partial charge in [0, 0.05) is 0 Å². The smallest absolute Gasteiger partial charge is 0.246 e. The van der Waals surface area contributed by atoms with Gasteiger partial charge in [-0.15, -0.1) is 0 Å². The lowest BCUT2D eigenvalue weighted by Crippen LogP contribution is -2.56. The van der Waals surface area contributed by atoms with Crippen molar-refractivity contribution < 1.29 is 14.3 Å². The fourth-order valence-corrected chi connectivity index (χ4v) is 1.86. The molecule has 1 aromatic rings. The summed E-state index contributed by atoms with van der Waals surface area (Å²) in [4.78, 5) is 24.9. The maximum atomic E-state index is 11.9. The standard InChI is InChI=1S/C13H16N2O3/c1-9-13(17)15(12(16)7-14-9)8-10-3-5-11(18-2)6-4-10/h3-6,9,14H,7-8H2,1-2H3. The molecule has 1 aliphatic heterocycles. The largest absolute Gasteiger partial charge is 0.497 e. The molecule has 0 bridgehead atoms. The maximum absolute atomic E-state index is 11.9. The molecule has 18 heavy (non-hydrogen) atoms. The Morgan fingerprint density at radius 1 is 1.33 bits per heavy atom. The molecule has 96 valence electrons. The zero-order valence-electron chi connectivity index (χ0n) is 10.5. The van der Waals surface area contributed by atoms with Gasteiger partial charge in [0.25, 0.3) is 0 Å². The van der Waals surface area contributed by atoms with Crippen LogP contribution >= 0.6 is 0 Å². The Balaban J connectivity index is 2.11. The Morgan fingerprint density at radius 2 is 2.00 bits per heavy atom. The fraction of sp³-hybridized carbons (Fsp3) is 0.385. The van der Waals surface area contributed by atoms with E-state index in [0.29, 0.717) is 6.54 Å². The molecule has 1 atom stereocenters. The van der Waals surface area contributed by atoms with Crippen LogP contribution in [-0.2, 0) is 16.1 Å². The molecule has 1 saturated heterocycles. The Morgan fingerprint density at radius 3 is 2.61 bits per heavy atom. The van der Waals surface area contributed by atoms with Crippen LogP contribution in [0.15, 0.2) is 24.3 Å². The minimum absolute atomic E-state index is 0.179. The van der Waals surface area contributed by atoms with Crippen LogP contribution in [0.5, 0.6) is 5.75 Å². The molecule has 0 saturated carbocycles. The highest BCUT2D eigenvalue weighted by Gasteiger charge is 2.30. The van der Waals surface area contributed by atoms with Gasteiger partial charge >= 0.3 is 0 Å². The van der Waals surface area contributed by atoms with Gasteiger partial charge in [0.2, 0.25) is 11.8 Å². The first-order valence-corrected chi connectivity index (χ1v) is 5.82. The van der Waals surface area contributed by atoms with E-state index in [9.17, 15) is 9.59 Å². The predicted molar refractivity (Wildman–Crippen MR) is 66.0 cm³/mol. The summed E-state index contributed by atoms with van der Waals surface area (Å²) < 4.78 is 5.06. The predicted octanol–water partition coefficient (Wildman–Crippen LogP) is 0.542. The highest BCUT2D eigenvalue weighted by Crippen LogP contribution is 2.14. The Hall–Kier alpha value is -1.88. The van der Waals surface area contributed by atoms with Crippen molar-refractivity contribution in [2.24, 2.45) is 0 Å². The van der Waals surface area contributed by atoms with E-state index in [0.717, 1.165) is 11.3 Å². The number of methoxy groups -OCH3 is 1. The summed E-state index contributed by atoms with van der Waals surface area (Å²) in [7, 11) is 1.60. The zero-order chi connectivity index (χ0) is 13.1. The van der Waals surface area contributed by atoms with Gasteiger partial charge in [-0.3, -0.25) is 19.8 Å². The summed E-state index contributed by atoms with van der Waals surface area (Å²) in [6.45, 7) is 2.28. The SMILES string of the molecule is COc1ccc(CN2C(=O)CNC(C)C2=O)cc1. The Labute approximate surface area is 106 Å². The monoisotopic (exact) mass is 248 g/mol. The lowest BCUT2D eigenvalue weighted by atomic mass is 10.1. The van der Waals surface area contributed by atoms with Crippen LogP contribution in [0, 0.1) is 0 Å². The molecular weight excluding hydrogens is 232 g/mol. The summed E-state index contributed by atoms with van der Waals surface area (Å²) in [6, 6.07) is 7.03. The molecule has 1 unspecified atom stereocenters. The normalized spacial score (nSPS) is 20.1. The number of hydrogen-bond donors (Lipinski definition) is 1. The lowest BCUT2D eigenvalue weighted by molar-refractivity contribution is -0.149. The minimum atomic E-state index is -0.305. The molecule has 2 rings (SSSR count). The summed E-state index contributed by atoms with van der Waals surface area (Å²) in [5.41, 5.74) is 0.909. The van der Waals surface area contributed by atoms with Crippen molar-refractivity contribution in [3.05, 3.63) is 29.8 Å². The van der Waals surface area contributed by atoms with E-state index in [1.165, 1.54) is 4.90 Å². The summed E-state index contributed by atoms with van der Waals surface area (Å²) >= 11 is 0. The molecule has 1 heterocycles. The topological polar surface area (TPSA) is 58.6 Å². The summed E-state index contributed by atoms with van der Waals surface area (Å²) in [5, 5.41) is 2.85. The van der Waals surface area contributed by atoms with Crippen molar-refractivity contribution >= 4 is 11.8 Å². The van der Waals surface area contributed by atoms with E-state index < -0.39 is 0 Å². The van der Waals surface area contributed by atoms with Crippen molar-refractivity contribution in [2.45, 2.75) is 19.5 Å². The van der Waals surface area contributed by atoms with E-state index in [-0.39, 0.29) is 24.4 Å². The molecule has 1 fully saturated rings. The number of carbonyl (C=O) groups is 2. The van der Waals surface area contributed by atoms with Crippen LogP contribution in [-0.4, -0.2) is 36.4 Å². The van der Waals surface area contributed by atoms with Crippen LogP contribution in [0.1, 0.15) is 12.5 Å². The molecule has 0 aliphatic carbocycles. The first-order valence-electron chi connectivity index (χ1n) is 5.82. The second-order valence-electron chi connectivity index (χ2n) is 4.27. The van der Waals surface area contributed by atoms with Gasteiger partial charge in [-0.2, -0.15) is 0 Å². The highest BCUT2D eigenvalue weighted by atomic mass is 16.5. The van der Waals surface area contributed by atoms with E-state index >= 15 is 0 Å². The molecule has 1 aliphatic rings. The number of nitrogens with zero attached hydrogens (tertiary/aromatic N) is 1. The van der Waals surface area contributed by atoms with Gasteiger partial charge in [-0.1, -0.05) is 12.1 Å². The van der Waals surface area contributed by atoms with Crippen molar-refractivity contribution in [1.29, 1.82) is 0 Å². The molecule has 0 radical (unpaired) electrons. The molecule has 5 heteroatoms. The number of piperazine rings is 1. The van der Waals surface area contributed by atoms with Crippen LogP contribution in [0.25, 0.3) is 0 Å². The minimum Gasteiger partial charge on any atom is -0.497 e. The maximum Gasteiger partial charge on any atom is 0.246 e. The van der Waals surface area contributed by atoms with Gasteiger partial charge < -0.3 is 4.74 Å². The third kappa shape index (κ3) is 2.51. The first-order chi connectivity index (χ1) is 8.61. The third-order valence-corrected chi connectivity index (χ3v) is 3.00. The Bertz CT molecular complexity index is 456. The van der Waals surface area contributed by atoms with Crippen LogP contribution in [0.2, 0.25) is 0 Å². The van der Waals surface area contributed by atoms with E-state index in [4.69, 9.17) is 4.74 Å². The van der Waals surface area contributed by atoms with Crippen molar-refractivity contribution in [1.82, 2.24) is 10.2 Å². The van der Waals surface area contributed by atoms with Gasteiger partial charge in [-0.05, 0) is 24.6 Å². The number of rotatable bonds is 3. The number of ether oxygens (including phenoxy) is 1. The molecule has 1 N–H and O–H groups in total. The van der Waals surface area contributed by atoms with Crippen LogP contribution in [0.4, 0.5) is 0 Å². The molecular formula is C13H16N2O3. The van der Waals surface area contributed by atoms with Crippen LogP contribution in [0.3, 0.4) is 0 Å². The van der Waals surface area contributed by atoms with Gasteiger partial charge in [0.1, 0.15) is 5.75 Å². The fourth-order valence-electron chi connectivity index (χ4n) is 1.86. The van der Waals surface area contributed by atoms with Crippen molar-refractivity contribution in [3.8, 4) is 5.75 Å². The molecule has 2 amide bonds. The first kappa shape index (κ1) is 12.6. The number of benzene rings is 1. The number of hydrogen-bond acceptors (Lipinski definition) is 4. The number of imide groups is 1. The number of amides is 2. The second-order valence-corrected chi connectivity index (χ2v) is 4.27.